The smallest absolute Gasteiger partial charge is 0.261 e. The van der Waals surface area contributed by atoms with Crippen LogP contribution in [0, 0.1) is 0 Å². The lowest BCUT2D eigenvalue weighted by Gasteiger charge is -2.10. The zero-order valence-corrected chi connectivity index (χ0v) is 16.7. The molecule has 0 aliphatic rings. The zero-order valence-electron chi connectivity index (χ0n) is 13.5. The Morgan fingerprint density at radius 3 is 2.50 bits per heavy atom. The number of carbonyl (C=O) groups is 1. The number of nitrogens with one attached hydrogen (secondary N) is 2. The predicted molar refractivity (Wildman–Crippen MR) is 107 cm³/mol. The van der Waals surface area contributed by atoms with Gasteiger partial charge >= 0.3 is 0 Å². The van der Waals surface area contributed by atoms with Crippen molar-refractivity contribution in [2.75, 3.05) is 4.72 Å². The molecule has 0 aliphatic carbocycles. The van der Waals surface area contributed by atoms with E-state index in [0.717, 1.165) is 9.35 Å². The molecule has 0 unspecified atom stereocenters. The van der Waals surface area contributed by atoms with Crippen molar-refractivity contribution in [1.29, 1.82) is 0 Å². The van der Waals surface area contributed by atoms with Crippen LogP contribution in [0.5, 0.6) is 0 Å². The molecule has 26 heavy (non-hydrogen) atoms. The van der Waals surface area contributed by atoms with E-state index in [1.54, 1.807) is 47.7 Å². The molecule has 0 atom stereocenters. The van der Waals surface area contributed by atoms with Crippen molar-refractivity contribution in [1.82, 2.24) is 5.32 Å². The Balaban J connectivity index is 1.70. The largest absolute Gasteiger partial charge is 0.347 e. The van der Waals surface area contributed by atoms with E-state index in [0.29, 0.717) is 17.8 Å². The molecule has 2 N–H and O–H groups in total. The number of halogens is 1. The van der Waals surface area contributed by atoms with Crippen molar-refractivity contribution in [3.8, 4) is 0 Å². The van der Waals surface area contributed by atoms with E-state index in [1.807, 2.05) is 11.4 Å². The molecule has 3 rings (SSSR count). The Morgan fingerprint density at radius 2 is 1.81 bits per heavy atom. The second kappa shape index (κ2) is 8.03. The van der Waals surface area contributed by atoms with Crippen LogP contribution in [-0.2, 0) is 16.6 Å². The number of anilines is 1. The first-order chi connectivity index (χ1) is 12.4. The Bertz CT molecular complexity index is 1020. The van der Waals surface area contributed by atoms with Crippen LogP contribution in [0.15, 0.2) is 75.4 Å². The van der Waals surface area contributed by atoms with Crippen LogP contribution in [0.1, 0.15) is 15.2 Å². The molecule has 8 heteroatoms. The van der Waals surface area contributed by atoms with Gasteiger partial charge in [0.05, 0.1) is 11.4 Å². The molecule has 3 aromatic rings. The minimum Gasteiger partial charge on any atom is -0.347 e. The van der Waals surface area contributed by atoms with Crippen LogP contribution in [0.4, 0.5) is 5.69 Å². The van der Waals surface area contributed by atoms with Crippen LogP contribution in [-0.4, -0.2) is 14.3 Å². The average molecular weight is 451 g/mol. The summed E-state index contributed by atoms with van der Waals surface area (Å²) in [7, 11) is -3.69. The summed E-state index contributed by atoms with van der Waals surface area (Å²) < 4.78 is 28.2. The highest BCUT2D eigenvalue weighted by atomic mass is 79.9. The highest BCUT2D eigenvalue weighted by Gasteiger charge is 2.14. The van der Waals surface area contributed by atoms with Gasteiger partial charge in [-0.1, -0.05) is 24.3 Å². The van der Waals surface area contributed by atoms with Gasteiger partial charge in [0.25, 0.3) is 15.9 Å². The molecule has 0 fully saturated rings. The van der Waals surface area contributed by atoms with Crippen molar-refractivity contribution >= 4 is 48.9 Å². The lowest BCUT2D eigenvalue weighted by molar-refractivity contribution is 0.0951. The zero-order chi connectivity index (χ0) is 18.6. The quantitative estimate of drug-likeness (QED) is 0.589. The van der Waals surface area contributed by atoms with E-state index >= 15 is 0 Å². The third-order valence-electron chi connectivity index (χ3n) is 3.48. The fraction of sp³-hybridized carbons (Fsp3) is 0.0556. The SMILES string of the molecule is O=C(NCc1cc(Br)cs1)c1cccc(NS(=O)(=O)c2ccccc2)c1. The standard InChI is InChI=1S/C18H15BrN2O3S2/c19-14-10-16(25-12-14)11-20-18(22)13-5-4-6-15(9-13)21-26(23,24)17-7-2-1-3-8-17/h1-10,12,21H,11H2,(H,20,22). The van der Waals surface area contributed by atoms with Crippen LogP contribution in [0.2, 0.25) is 0 Å². The first kappa shape index (κ1) is 18.6. The topological polar surface area (TPSA) is 75.3 Å². The predicted octanol–water partition coefficient (Wildman–Crippen LogP) is 4.24. The molecule has 0 saturated heterocycles. The normalized spacial score (nSPS) is 11.1. The van der Waals surface area contributed by atoms with Gasteiger partial charge in [0.1, 0.15) is 0 Å². The summed E-state index contributed by atoms with van der Waals surface area (Å²) in [4.78, 5) is 13.5. The summed E-state index contributed by atoms with van der Waals surface area (Å²) in [6, 6.07) is 16.4. The molecule has 1 aromatic heterocycles. The minimum atomic E-state index is -3.69. The van der Waals surface area contributed by atoms with Crippen molar-refractivity contribution in [3.63, 3.8) is 0 Å². The number of thiophene rings is 1. The van der Waals surface area contributed by atoms with E-state index in [2.05, 4.69) is 26.0 Å². The summed E-state index contributed by atoms with van der Waals surface area (Å²) in [5.74, 6) is -0.268. The van der Waals surface area contributed by atoms with Crippen molar-refractivity contribution in [2.45, 2.75) is 11.4 Å². The lowest BCUT2D eigenvalue weighted by Crippen LogP contribution is -2.22. The van der Waals surface area contributed by atoms with Crippen molar-refractivity contribution < 1.29 is 13.2 Å². The fourth-order valence-electron chi connectivity index (χ4n) is 2.25. The number of sulfonamides is 1. The maximum absolute atomic E-state index is 12.4. The van der Waals surface area contributed by atoms with Gasteiger partial charge in [-0.15, -0.1) is 11.3 Å². The molecule has 0 spiro atoms. The summed E-state index contributed by atoms with van der Waals surface area (Å²) in [5.41, 5.74) is 0.717. The molecule has 5 nitrogen and oxygen atoms in total. The second-order valence-electron chi connectivity index (χ2n) is 5.41. The Morgan fingerprint density at radius 1 is 1.04 bits per heavy atom. The van der Waals surface area contributed by atoms with E-state index in [1.165, 1.54) is 18.2 Å². The van der Waals surface area contributed by atoms with Crippen LogP contribution < -0.4 is 10.0 Å². The van der Waals surface area contributed by atoms with E-state index in [9.17, 15) is 13.2 Å². The number of carbonyl (C=O) groups excluding carboxylic acids is 1. The maximum atomic E-state index is 12.4. The highest BCUT2D eigenvalue weighted by molar-refractivity contribution is 9.10. The number of amides is 1. The maximum Gasteiger partial charge on any atom is 0.261 e. The summed E-state index contributed by atoms with van der Waals surface area (Å²) in [5, 5.41) is 4.77. The van der Waals surface area contributed by atoms with Gasteiger partial charge in [0.2, 0.25) is 0 Å². The fourth-order valence-corrected chi connectivity index (χ4v) is 4.71. The Labute approximate surface area is 164 Å². The molecule has 0 aliphatic heterocycles. The molecule has 2 aromatic carbocycles. The van der Waals surface area contributed by atoms with Crippen LogP contribution in [0.25, 0.3) is 0 Å². The molecule has 1 amide bonds. The summed E-state index contributed by atoms with van der Waals surface area (Å²) in [6.07, 6.45) is 0. The van der Waals surface area contributed by atoms with Gasteiger partial charge in [-0.2, -0.15) is 0 Å². The van der Waals surface area contributed by atoms with Crippen LogP contribution in [0.3, 0.4) is 0 Å². The molecular formula is C18H15BrN2O3S2. The molecule has 134 valence electrons. The summed E-state index contributed by atoms with van der Waals surface area (Å²) in [6.45, 7) is 0.412. The highest BCUT2D eigenvalue weighted by Crippen LogP contribution is 2.20. The van der Waals surface area contributed by atoms with Crippen LogP contribution >= 0.6 is 27.3 Å². The summed E-state index contributed by atoms with van der Waals surface area (Å²) >= 11 is 4.92. The third kappa shape index (κ3) is 4.72. The molecule has 0 radical (unpaired) electrons. The number of hydrogen-bond acceptors (Lipinski definition) is 4. The Hall–Kier alpha value is -2.16. The number of hydrogen-bond donors (Lipinski definition) is 2. The number of benzene rings is 2. The van der Waals surface area contributed by atoms with Gasteiger partial charge in [-0.05, 0) is 52.3 Å². The van der Waals surface area contributed by atoms with Gasteiger partial charge in [-0.3, -0.25) is 9.52 Å². The first-order valence-corrected chi connectivity index (χ1v) is 10.8. The molecule has 0 saturated carbocycles. The van der Waals surface area contributed by atoms with Gasteiger partial charge in [-0.25, -0.2) is 8.42 Å². The monoisotopic (exact) mass is 450 g/mol. The van der Waals surface area contributed by atoms with Gasteiger partial charge in [0.15, 0.2) is 0 Å². The molecular weight excluding hydrogens is 436 g/mol. The first-order valence-electron chi connectivity index (χ1n) is 7.63. The van der Waals surface area contributed by atoms with Gasteiger partial charge < -0.3 is 5.32 Å². The molecule has 1 heterocycles. The third-order valence-corrected chi connectivity index (χ3v) is 6.57. The van der Waals surface area contributed by atoms with E-state index in [4.69, 9.17) is 0 Å². The lowest BCUT2D eigenvalue weighted by atomic mass is 10.2. The Kier molecular flexibility index (Phi) is 5.75. The molecule has 0 bridgehead atoms. The van der Waals surface area contributed by atoms with Crippen molar-refractivity contribution in [3.05, 3.63) is 81.0 Å². The van der Waals surface area contributed by atoms with E-state index in [-0.39, 0.29) is 10.8 Å². The van der Waals surface area contributed by atoms with Crippen molar-refractivity contribution in [2.24, 2.45) is 0 Å². The average Bonchev–Trinajstić information content (AvgIpc) is 3.05. The van der Waals surface area contributed by atoms with Gasteiger partial charge in [0, 0.05) is 26.0 Å². The second-order valence-corrected chi connectivity index (χ2v) is 9.01. The minimum absolute atomic E-state index is 0.165. The van der Waals surface area contributed by atoms with E-state index < -0.39 is 10.0 Å². The number of rotatable bonds is 6.